The number of carbonyl (C=O) groups is 1. The van der Waals surface area contributed by atoms with Crippen molar-refractivity contribution in [2.75, 3.05) is 26.7 Å². The Balaban J connectivity index is 2.68. The van der Waals surface area contributed by atoms with Crippen LogP contribution in [0.1, 0.15) is 37.0 Å². The van der Waals surface area contributed by atoms with Crippen LogP contribution in [0.15, 0.2) is 24.3 Å². The van der Waals surface area contributed by atoms with Crippen molar-refractivity contribution in [1.29, 1.82) is 0 Å². The van der Waals surface area contributed by atoms with Crippen LogP contribution in [0.5, 0.6) is 5.75 Å². The molecule has 0 radical (unpaired) electrons. The van der Waals surface area contributed by atoms with E-state index in [0.29, 0.717) is 17.9 Å². The number of hydrogen-bond acceptors (Lipinski definition) is 3. The highest BCUT2D eigenvalue weighted by molar-refractivity contribution is 6.00. The number of Topliss-reactive ketones (excluding diaryl/α,β-unsaturated/α-hetero) is 1. The number of likely N-dealkylation sites (N-methyl/N-ethyl adjacent to an activating group) is 1. The fraction of sp³-hybridized carbons (Fsp3) is 0.533. The molecule has 18 heavy (non-hydrogen) atoms. The highest BCUT2D eigenvalue weighted by atomic mass is 16.5. The number of hydrogen-bond donors (Lipinski definition) is 0. The number of methoxy groups -OCH3 is 1. The van der Waals surface area contributed by atoms with Gasteiger partial charge in [-0.25, -0.2) is 0 Å². The quantitative estimate of drug-likeness (QED) is 0.663. The van der Waals surface area contributed by atoms with E-state index in [2.05, 4.69) is 18.7 Å². The molecule has 0 aliphatic heterocycles. The van der Waals surface area contributed by atoms with Crippen LogP contribution < -0.4 is 4.74 Å². The summed E-state index contributed by atoms with van der Waals surface area (Å²) in [6.45, 7) is 6.60. The van der Waals surface area contributed by atoms with Gasteiger partial charge in [-0.05, 0) is 31.6 Å². The average molecular weight is 249 g/mol. The molecule has 0 amide bonds. The number of para-hydroxylation sites is 1. The van der Waals surface area contributed by atoms with Crippen molar-refractivity contribution in [3.8, 4) is 5.75 Å². The predicted octanol–water partition coefficient (Wildman–Crippen LogP) is 3.00. The Morgan fingerprint density at radius 2 is 2.00 bits per heavy atom. The Bertz CT molecular complexity index is 377. The van der Waals surface area contributed by atoms with E-state index < -0.39 is 0 Å². The molecule has 1 aromatic rings. The van der Waals surface area contributed by atoms with Crippen LogP contribution in [-0.2, 0) is 0 Å². The van der Waals surface area contributed by atoms with Crippen molar-refractivity contribution in [3.05, 3.63) is 29.8 Å². The fourth-order valence-electron chi connectivity index (χ4n) is 1.89. The second kappa shape index (κ2) is 7.88. The van der Waals surface area contributed by atoms with Crippen LogP contribution in [0.25, 0.3) is 0 Å². The van der Waals surface area contributed by atoms with Gasteiger partial charge in [0.15, 0.2) is 5.78 Å². The summed E-state index contributed by atoms with van der Waals surface area (Å²) in [5.41, 5.74) is 0.676. The predicted molar refractivity (Wildman–Crippen MR) is 74.3 cm³/mol. The van der Waals surface area contributed by atoms with E-state index >= 15 is 0 Å². The topological polar surface area (TPSA) is 29.5 Å². The van der Waals surface area contributed by atoms with Gasteiger partial charge >= 0.3 is 0 Å². The average Bonchev–Trinajstić information content (AvgIpc) is 2.43. The van der Waals surface area contributed by atoms with Gasteiger partial charge in [-0.3, -0.25) is 9.69 Å². The molecule has 0 heterocycles. The van der Waals surface area contributed by atoms with Crippen molar-refractivity contribution in [2.45, 2.75) is 26.7 Å². The third-order valence-corrected chi connectivity index (χ3v) is 3.05. The maximum absolute atomic E-state index is 12.2. The van der Waals surface area contributed by atoms with E-state index in [-0.39, 0.29) is 5.78 Å². The van der Waals surface area contributed by atoms with Crippen LogP contribution in [0.2, 0.25) is 0 Å². The van der Waals surface area contributed by atoms with Crippen molar-refractivity contribution < 1.29 is 9.53 Å². The summed E-state index contributed by atoms with van der Waals surface area (Å²) >= 11 is 0. The molecule has 0 aliphatic rings. The lowest BCUT2D eigenvalue weighted by molar-refractivity contribution is 0.0930. The minimum absolute atomic E-state index is 0.130. The lowest BCUT2D eigenvalue weighted by Gasteiger charge is -2.19. The SMILES string of the molecule is CCCCN(CC)CC(=O)c1ccccc1OC. The van der Waals surface area contributed by atoms with E-state index in [1.807, 2.05) is 24.3 Å². The van der Waals surface area contributed by atoms with Gasteiger partial charge in [0, 0.05) is 0 Å². The molecule has 0 spiro atoms. The summed E-state index contributed by atoms with van der Waals surface area (Å²) in [4.78, 5) is 14.4. The molecule has 3 nitrogen and oxygen atoms in total. The minimum atomic E-state index is 0.130. The molecule has 0 aliphatic carbocycles. The van der Waals surface area contributed by atoms with Gasteiger partial charge < -0.3 is 4.74 Å². The third-order valence-electron chi connectivity index (χ3n) is 3.05. The second-order valence-electron chi connectivity index (χ2n) is 4.35. The second-order valence-corrected chi connectivity index (χ2v) is 4.35. The number of ether oxygens (including phenoxy) is 1. The molecule has 0 atom stereocenters. The van der Waals surface area contributed by atoms with E-state index in [9.17, 15) is 4.79 Å². The number of unbranched alkanes of at least 4 members (excludes halogenated alkanes) is 1. The highest BCUT2D eigenvalue weighted by Gasteiger charge is 2.14. The van der Waals surface area contributed by atoms with Gasteiger partial charge in [-0.1, -0.05) is 32.4 Å². The monoisotopic (exact) mass is 249 g/mol. The van der Waals surface area contributed by atoms with Crippen LogP contribution in [-0.4, -0.2) is 37.4 Å². The van der Waals surface area contributed by atoms with Crippen molar-refractivity contribution in [3.63, 3.8) is 0 Å². The highest BCUT2D eigenvalue weighted by Crippen LogP contribution is 2.18. The van der Waals surface area contributed by atoms with Crippen LogP contribution in [0, 0.1) is 0 Å². The first kappa shape index (κ1) is 14.7. The van der Waals surface area contributed by atoms with Gasteiger partial charge in [0.2, 0.25) is 0 Å². The Morgan fingerprint density at radius 1 is 1.28 bits per heavy atom. The molecule has 3 heteroatoms. The van der Waals surface area contributed by atoms with Crippen molar-refractivity contribution in [1.82, 2.24) is 4.90 Å². The Kier molecular flexibility index (Phi) is 6.44. The zero-order valence-corrected chi connectivity index (χ0v) is 11.6. The molecule has 0 unspecified atom stereocenters. The Hall–Kier alpha value is -1.35. The van der Waals surface area contributed by atoms with Gasteiger partial charge in [-0.2, -0.15) is 0 Å². The largest absolute Gasteiger partial charge is 0.496 e. The summed E-state index contributed by atoms with van der Waals surface area (Å²) < 4.78 is 5.22. The maximum atomic E-state index is 12.2. The number of carbonyl (C=O) groups excluding carboxylic acids is 1. The van der Waals surface area contributed by atoms with Crippen LogP contribution in [0.4, 0.5) is 0 Å². The molecule has 0 bridgehead atoms. The fourth-order valence-corrected chi connectivity index (χ4v) is 1.89. The molecule has 0 saturated carbocycles. The molecule has 0 aromatic heterocycles. The summed E-state index contributed by atoms with van der Waals surface area (Å²) in [7, 11) is 1.60. The third kappa shape index (κ3) is 4.15. The molecule has 0 saturated heterocycles. The zero-order chi connectivity index (χ0) is 13.4. The van der Waals surface area contributed by atoms with Gasteiger partial charge in [0.25, 0.3) is 0 Å². The number of nitrogens with zero attached hydrogens (tertiary/aromatic N) is 1. The molecule has 1 rings (SSSR count). The van der Waals surface area contributed by atoms with Gasteiger partial charge in [-0.15, -0.1) is 0 Å². The van der Waals surface area contributed by atoms with Gasteiger partial charge in [0.1, 0.15) is 5.75 Å². The number of ketones is 1. The smallest absolute Gasteiger partial charge is 0.180 e. The number of benzene rings is 1. The molecule has 0 fully saturated rings. The zero-order valence-electron chi connectivity index (χ0n) is 11.6. The lowest BCUT2D eigenvalue weighted by atomic mass is 10.1. The Morgan fingerprint density at radius 3 is 2.61 bits per heavy atom. The first-order valence-corrected chi connectivity index (χ1v) is 6.61. The van der Waals surface area contributed by atoms with Crippen molar-refractivity contribution in [2.24, 2.45) is 0 Å². The molecular weight excluding hydrogens is 226 g/mol. The number of rotatable bonds is 8. The first-order chi connectivity index (χ1) is 8.72. The lowest BCUT2D eigenvalue weighted by Crippen LogP contribution is -2.30. The van der Waals surface area contributed by atoms with E-state index in [0.717, 1.165) is 25.9 Å². The van der Waals surface area contributed by atoms with Crippen LogP contribution >= 0.6 is 0 Å². The van der Waals surface area contributed by atoms with Gasteiger partial charge in [0.05, 0.1) is 19.2 Å². The van der Waals surface area contributed by atoms with E-state index in [1.54, 1.807) is 7.11 Å². The first-order valence-electron chi connectivity index (χ1n) is 6.61. The molecule has 1 aromatic carbocycles. The normalized spacial score (nSPS) is 10.7. The molecule has 100 valence electrons. The summed E-state index contributed by atoms with van der Waals surface area (Å²) in [6, 6.07) is 7.41. The standard InChI is InChI=1S/C15H23NO2/c1-4-6-11-16(5-2)12-14(17)13-9-7-8-10-15(13)18-3/h7-10H,4-6,11-12H2,1-3H3. The maximum Gasteiger partial charge on any atom is 0.180 e. The van der Waals surface area contributed by atoms with E-state index in [4.69, 9.17) is 4.74 Å². The summed E-state index contributed by atoms with van der Waals surface area (Å²) in [5.74, 6) is 0.791. The van der Waals surface area contributed by atoms with Crippen molar-refractivity contribution >= 4 is 5.78 Å². The minimum Gasteiger partial charge on any atom is -0.496 e. The molecular formula is C15H23NO2. The summed E-state index contributed by atoms with van der Waals surface area (Å²) in [6.07, 6.45) is 2.28. The Labute approximate surface area is 110 Å². The summed E-state index contributed by atoms with van der Waals surface area (Å²) in [5, 5.41) is 0. The van der Waals surface area contributed by atoms with E-state index in [1.165, 1.54) is 0 Å². The van der Waals surface area contributed by atoms with Crippen LogP contribution in [0.3, 0.4) is 0 Å². The molecule has 0 N–H and O–H groups in total.